The topological polar surface area (TPSA) is 89.4 Å². The van der Waals surface area contributed by atoms with Crippen molar-refractivity contribution in [1.82, 2.24) is 24.5 Å². The summed E-state index contributed by atoms with van der Waals surface area (Å²) < 4.78 is 1.84. The minimum Gasteiger partial charge on any atom is -0.368 e. The van der Waals surface area contributed by atoms with Gasteiger partial charge in [-0.3, -0.25) is 4.79 Å². The molecule has 4 rings (SSSR count). The largest absolute Gasteiger partial charge is 0.368 e. The third kappa shape index (κ3) is 2.12. The van der Waals surface area contributed by atoms with Gasteiger partial charge in [-0.1, -0.05) is 17.7 Å². The molecule has 1 aliphatic heterocycles. The van der Waals surface area contributed by atoms with Crippen LogP contribution in [0.15, 0.2) is 24.5 Å². The Hall–Kier alpha value is -2.67. The Morgan fingerprint density at radius 3 is 2.91 bits per heavy atom. The number of carbonyl (C=O) groups excluding carboxylic acids is 1. The Kier molecular flexibility index (Phi) is 2.99. The Morgan fingerprint density at radius 1 is 1.30 bits per heavy atom. The van der Waals surface area contributed by atoms with Gasteiger partial charge in [-0.2, -0.15) is 5.10 Å². The smallest absolute Gasteiger partial charge is 0.220 e. The van der Waals surface area contributed by atoms with Crippen molar-refractivity contribution in [2.45, 2.75) is 20.0 Å². The van der Waals surface area contributed by atoms with Crippen LogP contribution in [-0.2, 0) is 17.9 Å². The fourth-order valence-corrected chi connectivity index (χ4v) is 3.07. The molecule has 116 valence electrons. The number of carbonyl (C=O) groups is 1. The highest BCUT2D eigenvalue weighted by Gasteiger charge is 2.25. The average molecular weight is 329 g/mol. The molecule has 23 heavy (non-hydrogen) atoms. The number of pyridine rings is 1. The maximum absolute atomic E-state index is 11.6. The molecule has 0 fully saturated rings. The van der Waals surface area contributed by atoms with Gasteiger partial charge >= 0.3 is 0 Å². The highest BCUT2D eigenvalue weighted by Crippen LogP contribution is 2.32. The number of halogens is 1. The van der Waals surface area contributed by atoms with Gasteiger partial charge in [0.15, 0.2) is 0 Å². The molecule has 0 radical (unpaired) electrons. The molecule has 3 aromatic heterocycles. The van der Waals surface area contributed by atoms with Crippen molar-refractivity contribution >= 4 is 29.0 Å². The van der Waals surface area contributed by atoms with Gasteiger partial charge in [0, 0.05) is 19.0 Å². The molecule has 0 aromatic carbocycles. The second-order valence-electron chi connectivity index (χ2n) is 5.46. The van der Waals surface area contributed by atoms with Crippen LogP contribution < -0.4 is 5.73 Å². The number of anilines is 1. The van der Waals surface area contributed by atoms with Crippen molar-refractivity contribution in [3.8, 4) is 11.3 Å². The molecule has 0 atom stereocenters. The lowest BCUT2D eigenvalue weighted by molar-refractivity contribution is -0.129. The maximum atomic E-state index is 11.6. The minimum absolute atomic E-state index is 0.0494. The molecule has 4 heterocycles. The van der Waals surface area contributed by atoms with E-state index in [1.54, 1.807) is 18.0 Å². The van der Waals surface area contributed by atoms with E-state index in [2.05, 4.69) is 15.1 Å². The summed E-state index contributed by atoms with van der Waals surface area (Å²) >= 11 is 6.20. The van der Waals surface area contributed by atoms with Crippen LogP contribution in [0.1, 0.15) is 18.2 Å². The lowest BCUT2D eigenvalue weighted by Gasteiger charge is -2.10. The normalized spacial score (nSPS) is 13.6. The van der Waals surface area contributed by atoms with E-state index in [1.807, 2.05) is 16.6 Å². The first-order valence-electron chi connectivity index (χ1n) is 7.07. The van der Waals surface area contributed by atoms with Crippen LogP contribution in [0.2, 0.25) is 5.02 Å². The first-order chi connectivity index (χ1) is 11.0. The molecule has 7 nitrogen and oxygen atoms in total. The van der Waals surface area contributed by atoms with Crippen molar-refractivity contribution in [3.05, 3.63) is 40.8 Å². The first kappa shape index (κ1) is 14.0. The van der Waals surface area contributed by atoms with Gasteiger partial charge in [-0.05, 0) is 11.6 Å². The van der Waals surface area contributed by atoms with E-state index in [1.165, 1.54) is 6.20 Å². The van der Waals surface area contributed by atoms with E-state index in [-0.39, 0.29) is 11.9 Å². The van der Waals surface area contributed by atoms with Crippen molar-refractivity contribution in [2.75, 3.05) is 5.73 Å². The molecule has 1 amide bonds. The summed E-state index contributed by atoms with van der Waals surface area (Å²) in [6.45, 7) is 2.72. The Labute approximate surface area is 136 Å². The molecular formula is C15H13ClN6O. The summed E-state index contributed by atoms with van der Waals surface area (Å²) in [5.74, 6) is 0.209. The summed E-state index contributed by atoms with van der Waals surface area (Å²) in [7, 11) is 0. The van der Waals surface area contributed by atoms with E-state index in [0.717, 1.165) is 22.3 Å². The van der Waals surface area contributed by atoms with E-state index in [9.17, 15) is 4.79 Å². The molecule has 0 saturated heterocycles. The van der Waals surface area contributed by atoms with Gasteiger partial charge in [0.1, 0.15) is 0 Å². The molecule has 3 aromatic rings. The summed E-state index contributed by atoms with van der Waals surface area (Å²) in [4.78, 5) is 21.5. The maximum Gasteiger partial charge on any atom is 0.220 e. The molecule has 8 heteroatoms. The number of fused-ring (bicyclic) bond motifs is 3. The Balaban J connectivity index is 1.89. The van der Waals surface area contributed by atoms with E-state index in [0.29, 0.717) is 23.8 Å². The number of nitrogens with two attached hydrogens (primary N) is 1. The first-order valence-corrected chi connectivity index (χ1v) is 7.45. The highest BCUT2D eigenvalue weighted by molar-refractivity contribution is 6.33. The molecule has 0 spiro atoms. The number of nitrogens with zero attached hydrogens (tertiary/aromatic N) is 5. The summed E-state index contributed by atoms with van der Waals surface area (Å²) in [5, 5.41) is 4.87. The number of hydrogen-bond donors (Lipinski definition) is 1. The third-order valence-electron chi connectivity index (χ3n) is 4.04. The van der Waals surface area contributed by atoms with Gasteiger partial charge in [-0.15, -0.1) is 0 Å². The van der Waals surface area contributed by atoms with Gasteiger partial charge in [0.05, 0.1) is 40.9 Å². The Bertz CT molecular complexity index is 951. The molecule has 0 bridgehead atoms. The molecule has 1 aliphatic rings. The molecule has 2 N–H and O–H groups in total. The zero-order valence-corrected chi connectivity index (χ0v) is 13.1. The van der Waals surface area contributed by atoms with Crippen LogP contribution in [0.5, 0.6) is 0 Å². The minimum atomic E-state index is 0.0494. The molecule has 0 unspecified atom stereocenters. The SMILES string of the molecule is CC(=O)N1Cc2ccc3c(-c4nc(N)ncc4Cl)cnn3c2C1. The van der Waals surface area contributed by atoms with Crippen LogP contribution in [0, 0.1) is 0 Å². The summed E-state index contributed by atoms with van der Waals surface area (Å²) in [5.41, 5.74) is 9.97. The lowest BCUT2D eigenvalue weighted by atomic mass is 10.1. The zero-order chi connectivity index (χ0) is 16.1. The van der Waals surface area contributed by atoms with E-state index < -0.39 is 0 Å². The lowest BCUT2D eigenvalue weighted by Crippen LogP contribution is -2.22. The van der Waals surface area contributed by atoms with Gasteiger partial charge in [-0.25, -0.2) is 14.5 Å². The second kappa shape index (κ2) is 4.92. The van der Waals surface area contributed by atoms with Crippen molar-refractivity contribution < 1.29 is 4.79 Å². The number of hydrogen-bond acceptors (Lipinski definition) is 5. The predicted molar refractivity (Wildman–Crippen MR) is 85.6 cm³/mol. The van der Waals surface area contributed by atoms with Gasteiger partial charge in [0.2, 0.25) is 11.9 Å². The monoisotopic (exact) mass is 328 g/mol. The number of rotatable bonds is 1. The number of nitrogen functional groups attached to an aromatic ring is 1. The Morgan fingerprint density at radius 2 is 2.13 bits per heavy atom. The second-order valence-corrected chi connectivity index (χ2v) is 5.87. The fourth-order valence-electron chi connectivity index (χ4n) is 2.87. The molecule has 0 aliphatic carbocycles. The molecular weight excluding hydrogens is 316 g/mol. The van der Waals surface area contributed by atoms with Gasteiger partial charge in [0.25, 0.3) is 0 Å². The van der Waals surface area contributed by atoms with E-state index >= 15 is 0 Å². The van der Waals surface area contributed by atoms with Crippen LogP contribution in [0.25, 0.3) is 16.8 Å². The summed E-state index contributed by atoms with van der Waals surface area (Å²) in [6.07, 6.45) is 3.19. The summed E-state index contributed by atoms with van der Waals surface area (Å²) in [6, 6.07) is 3.97. The van der Waals surface area contributed by atoms with Crippen LogP contribution in [0.3, 0.4) is 0 Å². The zero-order valence-electron chi connectivity index (χ0n) is 12.3. The van der Waals surface area contributed by atoms with Crippen molar-refractivity contribution in [2.24, 2.45) is 0 Å². The number of aromatic nitrogens is 4. The fraction of sp³-hybridized carbons (Fsp3) is 0.200. The van der Waals surface area contributed by atoms with Crippen molar-refractivity contribution in [3.63, 3.8) is 0 Å². The highest BCUT2D eigenvalue weighted by atomic mass is 35.5. The van der Waals surface area contributed by atoms with Gasteiger partial charge < -0.3 is 10.6 Å². The van der Waals surface area contributed by atoms with Crippen LogP contribution >= 0.6 is 11.6 Å². The van der Waals surface area contributed by atoms with Crippen molar-refractivity contribution in [1.29, 1.82) is 0 Å². The number of amides is 1. The molecule has 0 saturated carbocycles. The van der Waals surface area contributed by atoms with Crippen LogP contribution in [0.4, 0.5) is 5.95 Å². The quantitative estimate of drug-likeness (QED) is 0.736. The van der Waals surface area contributed by atoms with E-state index in [4.69, 9.17) is 17.3 Å². The standard InChI is InChI=1S/C15H13ClN6O/c1-8(23)21-6-9-2-3-12-10(4-19-22(12)13(9)7-21)14-11(16)5-18-15(17)20-14/h2-5H,6-7H2,1H3,(H2,17,18,20). The predicted octanol–water partition coefficient (Wildman–Crippen LogP) is 1.89. The average Bonchev–Trinajstić information content (AvgIpc) is 3.12. The van der Waals surface area contributed by atoms with Crippen LogP contribution in [-0.4, -0.2) is 30.4 Å². The third-order valence-corrected chi connectivity index (χ3v) is 4.32.